The van der Waals surface area contributed by atoms with E-state index in [-0.39, 0.29) is 22.6 Å². The van der Waals surface area contributed by atoms with E-state index in [4.69, 9.17) is 4.74 Å². The Hall–Kier alpha value is -3.42. The summed E-state index contributed by atoms with van der Waals surface area (Å²) < 4.78 is 60.7. The molecule has 0 saturated carbocycles. The van der Waals surface area contributed by atoms with Crippen LogP contribution in [-0.2, 0) is 17.5 Å². The predicted molar refractivity (Wildman–Crippen MR) is 120 cm³/mol. The zero-order valence-electron chi connectivity index (χ0n) is 18.0. The number of rotatable bonds is 5. The van der Waals surface area contributed by atoms with Crippen molar-refractivity contribution in [3.05, 3.63) is 64.9 Å². The molecule has 3 aromatic heterocycles. The number of amides is 1. The minimum absolute atomic E-state index is 0.0579. The molecule has 8 nitrogen and oxygen atoms in total. The monoisotopic (exact) mass is 506 g/mol. The first-order chi connectivity index (χ1) is 16.8. The van der Waals surface area contributed by atoms with Gasteiger partial charge in [0.25, 0.3) is 5.91 Å². The third kappa shape index (κ3) is 5.01. The molecule has 35 heavy (non-hydrogen) atoms. The van der Waals surface area contributed by atoms with E-state index in [0.29, 0.717) is 31.0 Å². The minimum Gasteiger partial charge on any atom is -0.379 e. The number of anilines is 1. The summed E-state index contributed by atoms with van der Waals surface area (Å²) in [6.07, 6.45) is -0.646. The number of carbonyl (C=O) groups is 1. The van der Waals surface area contributed by atoms with Crippen molar-refractivity contribution in [2.24, 2.45) is 0 Å². The molecule has 0 unspecified atom stereocenters. The van der Waals surface area contributed by atoms with Crippen LogP contribution in [0.2, 0.25) is 0 Å². The normalized spacial score (nSPS) is 15.0. The van der Waals surface area contributed by atoms with Crippen LogP contribution in [0.25, 0.3) is 16.9 Å². The lowest BCUT2D eigenvalue weighted by atomic mass is 10.0. The van der Waals surface area contributed by atoms with Crippen molar-refractivity contribution in [2.45, 2.75) is 12.7 Å². The fourth-order valence-electron chi connectivity index (χ4n) is 3.77. The summed E-state index contributed by atoms with van der Waals surface area (Å²) in [4.78, 5) is 27.8. The van der Waals surface area contributed by atoms with Gasteiger partial charge in [-0.1, -0.05) is 0 Å². The Morgan fingerprint density at radius 2 is 2.00 bits per heavy atom. The van der Waals surface area contributed by atoms with Crippen molar-refractivity contribution in [1.82, 2.24) is 24.3 Å². The summed E-state index contributed by atoms with van der Waals surface area (Å²) in [6.45, 7) is 3.57. The fourth-order valence-corrected chi connectivity index (χ4v) is 4.46. The zero-order valence-corrected chi connectivity index (χ0v) is 18.9. The molecule has 4 heterocycles. The minimum atomic E-state index is -4.78. The maximum Gasteiger partial charge on any atom is 0.417 e. The van der Waals surface area contributed by atoms with Gasteiger partial charge in [-0.2, -0.15) is 13.2 Å². The predicted octanol–water partition coefficient (Wildman–Crippen LogP) is 4.10. The summed E-state index contributed by atoms with van der Waals surface area (Å²) in [5.74, 6) is -1.61. The van der Waals surface area contributed by atoms with Crippen molar-refractivity contribution in [3.63, 3.8) is 0 Å². The van der Waals surface area contributed by atoms with Crippen LogP contribution in [0, 0.1) is 5.82 Å². The van der Waals surface area contributed by atoms with Crippen LogP contribution in [0.5, 0.6) is 0 Å². The number of fused-ring (bicyclic) bond motifs is 1. The first-order valence-electron chi connectivity index (χ1n) is 10.5. The second-order valence-corrected chi connectivity index (χ2v) is 8.67. The number of alkyl halides is 3. The molecule has 0 aliphatic carbocycles. The fraction of sp³-hybridized carbons (Fsp3) is 0.273. The molecule has 182 valence electrons. The van der Waals surface area contributed by atoms with Crippen LogP contribution < -0.4 is 5.32 Å². The number of morpholine rings is 1. The van der Waals surface area contributed by atoms with E-state index in [9.17, 15) is 22.4 Å². The molecule has 5 rings (SSSR count). The molecule has 1 aliphatic heterocycles. The second-order valence-electron chi connectivity index (χ2n) is 7.81. The molecule has 4 aromatic rings. The molecule has 0 spiro atoms. The number of benzene rings is 1. The quantitative estimate of drug-likeness (QED) is 0.411. The average molecular weight is 506 g/mol. The number of carbonyl (C=O) groups excluding carboxylic acids is 1. The maximum absolute atomic E-state index is 13.5. The number of hydrogen-bond donors (Lipinski definition) is 1. The molecule has 1 aromatic carbocycles. The van der Waals surface area contributed by atoms with Crippen molar-refractivity contribution in [1.29, 1.82) is 0 Å². The van der Waals surface area contributed by atoms with E-state index in [1.54, 1.807) is 0 Å². The number of aromatic nitrogens is 4. The summed E-state index contributed by atoms with van der Waals surface area (Å²) in [5, 5.41) is 4.89. The van der Waals surface area contributed by atoms with Gasteiger partial charge in [-0.05, 0) is 18.2 Å². The van der Waals surface area contributed by atoms with Crippen molar-refractivity contribution < 1.29 is 27.1 Å². The molecule has 1 fully saturated rings. The molecule has 13 heteroatoms. The Morgan fingerprint density at radius 3 is 2.77 bits per heavy atom. The van der Waals surface area contributed by atoms with Crippen LogP contribution in [0.15, 0.2) is 42.2 Å². The van der Waals surface area contributed by atoms with Gasteiger partial charge >= 0.3 is 6.18 Å². The van der Waals surface area contributed by atoms with Crippen molar-refractivity contribution >= 4 is 28.0 Å². The van der Waals surface area contributed by atoms with Crippen LogP contribution in [-0.4, -0.2) is 56.5 Å². The van der Waals surface area contributed by atoms with Crippen LogP contribution in [0.1, 0.15) is 21.7 Å². The molecular weight excluding hydrogens is 488 g/mol. The van der Waals surface area contributed by atoms with E-state index in [2.05, 4.69) is 25.2 Å². The first kappa shape index (κ1) is 23.3. The molecule has 1 amide bonds. The average Bonchev–Trinajstić information content (AvgIpc) is 3.45. The number of halogens is 4. The van der Waals surface area contributed by atoms with Gasteiger partial charge in [-0.3, -0.25) is 15.0 Å². The molecule has 0 radical (unpaired) electrons. The highest BCUT2D eigenvalue weighted by molar-refractivity contribution is 7.14. The third-order valence-corrected chi connectivity index (χ3v) is 6.22. The van der Waals surface area contributed by atoms with Crippen LogP contribution in [0.3, 0.4) is 0 Å². The third-order valence-electron chi connectivity index (χ3n) is 5.41. The molecular formula is C22H18F4N6O2S. The standard InChI is InChI=1S/C22H18F4N6O2S/c23-13-1-2-15(16(9-13)22(24,25)26)17-11-32-4-3-27-18(19(32)29-17)20(33)30-21-28-14(12-35-21)10-31-5-7-34-8-6-31/h1-4,9,11-12H,5-8,10H2,(H,28,30,33). The molecule has 0 bridgehead atoms. The Kier molecular flexibility index (Phi) is 6.21. The van der Waals surface area contributed by atoms with Gasteiger partial charge in [0.05, 0.1) is 30.2 Å². The second kappa shape index (κ2) is 9.32. The van der Waals surface area contributed by atoms with Crippen molar-refractivity contribution in [2.75, 3.05) is 31.6 Å². The van der Waals surface area contributed by atoms with Crippen LogP contribution in [0.4, 0.5) is 22.7 Å². The SMILES string of the molecule is O=C(Nc1nc(CN2CCOCC2)cs1)c1nccn2cc(-c3ccc(F)cc3C(F)(F)F)nc12. The van der Waals surface area contributed by atoms with Gasteiger partial charge in [-0.25, -0.2) is 19.3 Å². The summed E-state index contributed by atoms with van der Waals surface area (Å²) in [5.41, 5.74) is -0.752. The van der Waals surface area contributed by atoms with E-state index in [0.717, 1.165) is 30.9 Å². The number of nitrogens with one attached hydrogen (secondary N) is 1. The summed E-state index contributed by atoms with van der Waals surface area (Å²) in [6, 6.07) is 2.36. The van der Waals surface area contributed by atoms with E-state index in [1.165, 1.54) is 34.3 Å². The summed E-state index contributed by atoms with van der Waals surface area (Å²) >= 11 is 1.26. The van der Waals surface area contributed by atoms with E-state index < -0.39 is 23.5 Å². The van der Waals surface area contributed by atoms with Gasteiger partial charge in [0.2, 0.25) is 0 Å². The number of nitrogens with zero attached hydrogens (tertiary/aromatic N) is 5. The smallest absolute Gasteiger partial charge is 0.379 e. The van der Waals surface area contributed by atoms with Gasteiger partial charge in [0, 0.05) is 49.2 Å². The van der Waals surface area contributed by atoms with E-state index >= 15 is 0 Å². The Balaban J connectivity index is 1.40. The first-order valence-corrected chi connectivity index (χ1v) is 11.4. The molecule has 1 aliphatic rings. The molecule has 0 atom stereocenters. The zero-order chi connectivity index (χ0) is 24.6. The Bertz CT molecular complexity index is 1380. The lowest BCUT2D eigenvalue weighted by Crippen LogP contribution is -2.35. The van der Waals surface area contributed by atoms with Gasteiger partial charge in [0.1, 0.15) is 5.82 Å². The lowest BCUT2D eigenvalue weighted by molar-refractivity contribution is -0.137. The Morgan fingerprint density at radius 1 is 1.20 bits per heavy atom. The van der Waals surface area contributed by atoms with E-state index in [1.807, 2.05) is 5.38 Å². The summed E-state index contributed by atoms with van der Waals surface area (Å²) in [7, 11) is 0. The largest absolute Gasteiger partial charge is 0.417 e. The van der Waals surface area contributed by atoms with Gasteiger partial charge in [0.15, 0.2) is 16.5 Å². The highest BCUT2D eigenvalue weighted by Crippen LogP contribution is 2.37. The van der Waals surface area contributed by atoms with Gasteiger partial charge < -0.3 is 9.14 Å². The Labute approximate surface area is 200 Å². The van der Waals surface area contributed by atoms with Crippen LogP contribution >= 0.6 is 11.3 Å². The number of imidazole rings is 1. The number of hydrogen-bond acceptors (Lipinski definition) is 7. The number of ether oxygens (including phenoxy) is 1. The number of thiazole rings is 1. The maximum atomic E-state index is 13.5. The molecule has 1 saturated heterocycles. The topological polar surface area (TPSA) is 84.7 Å². The lowest BCUT2D eigenvalue weighted by Gasteiger charge is -2.25. The highest BCUT2D eigenvalue weighted by Gasteiger charge is 2.35. The highest BCUT2D eigenvalue weighted by atomic mass is 32.1. The molecule has 1 N–H and O–H groups in total. The van der Waals surface area contributed by atoms with Crippen molar-refractivity contribution in [3.8, 4) is 11.3 Å². The van der Waals surface area contributed by atoms with Gasteiger partial charge in [-0.15, -0.1) is 11.3 Å².